The number of hydrogen-bond donors (Lipinski definition) is 2. The van der Waals surface area contributed by atoms with Gasteiger partial charge in [0.05, 0.1) is 15.7 Å². The van der Waals surface area contributed by atoms with Crippen LogP contribution in [0.25, 0.3) is 0 Å². The molecule has 0 fully saturated rings. The molecule has 5 nitrogen and oxygen atoms in total. The summed E-state index contributed by atoms with van der Waals surface area (Å²) in [5.74, 6) is 0. The molecule has 0 atom stereocenters. The van der Waals surface area contributed by atoms with Gasteiger partial charge in [-0.2, -0.15) is 0 Å². The molecule has 1 aromatic heterocycles. The number of sulfonamides is 1. The SMILES string of the molecule is O=c1cc[nH]cc1S(=O)(=O)Nc1ccc(Br)c(Cl)c1Cl. The molecule has 0 aliphatic carbocycles. The quantitative estimate of drug-likeness (QED) is 0.780. The maximum atomic E-state index is 12.1. The molecule has 0 spiro atoms. The second-order valence-corrected chi connectivity index (χ2v) is 6.96. The molecule has 0 aliphatic heterocycles. The third-order valence-electron chi connectivity index (χ3n) is 2.36. The molecule has 0 radical (unpaired) electrons. The molecule has 0 saturated heterocycles. The molecule has 9 heteroatoms. The van der Waals surface area contributed by atoms with E-state index in [1.807, 2.05) is 0 Å². The standard InChI is InChI=1S/C11H7BrCl2N2O3S/c12-6-1-2-7(11(14)10(6)13)16-20(18,19)9-5-15-4-3-8(9)17/h1-5,16H,(H,15,17). The average Bonchev–Trinajstić information content (AvgIpc) is 2.40. The zero-order valence-electron chi connectivity index (χ0n) is 9.65. The van der Waals surface area contributed by atoms with Crippen LogP contribution in [-0.4, -0.2) is 13.4 Å². The van der Waals surface area contributed by atoms with Gasteiger partial charge in [-0.1, -0.05) is 23.2 Å². The highest BCUT2D eigenvalue weighted by Gasteiger charge is 2.20. The third kappa shape index (κ3) is 3.01. The monoisotopic (exact) mass is 396 g/mol. The summed E-state index contributed by atoms with van der Waals surface area (Å²) in [5, 5.41) is 0.214. The molecule has 1 aromatic carbocycles. The van der Waals surface area contributed by atoms with Crippen molar-refractivity contribution in [3.05, 3.63) is 55.3 Å². The van der Waals surface area contributed by atoms with Crippen molar-refractivity contribution in [3.8, 4) is 0 Å². The fraction of sp³-hybridized carbons (Fsp3) is 0. The van der Waals surface area contributed by atoms with E-state index in [1.54, 1.807) is 6.07 Å². The van der Waals surface area contributed by atoms with E-state index in [0.29, 0.717) is 4.47 Å². The van der Waals surface area contributed by atoms with Gasteiger partial charge in [-0.05, 0) is 28.1 Å². The molecule has 0 bridgehead atoms. The number of rotatable bonds is 3. The number of hydrogen-bond acceptors (Lipinski definition) is 3. The summed E-state index contributed by atoms with van der Waals surface area (Å²) < 4.78 is 27.0. The van der Waals surface area contributed by atoms with Gasteiger partial charge in [0.1, 0.15) is 0 Å². The first-order valence-corrected chi connectivity index (χ1v) is 8.19. The largest absolute Gasteiger partial charge is 0.366 e. The van der Waals surface area contributed by atoms with Crippen molar-refractivity contribution in [2.75, 3.05) is 4.72 Å². The Labute approximate surface area is 133 Å². The van der Waals surface area contributed by atoms with Crippen LogP contribution in [-0.2, 0) is 10.0 Å². The number of anilines is 1. The Morgan fingerprint density at radius 2 is 1.85 bits per heavy atom. The van der Waals surface area contributed by atoms with E-state index in [-0.39, 0.29) is 15.7 Å². The number of benzene rings is 1. The smallest absolute Gasteiger partial charge is 0.267 e. The number of aromatic nitrogens is 1. The third-order valence-corrected chi connectivity index (χ3v) is 5.51. The Bertz CT molecular complexity index is 821. The first-order valence-electron chi connectivity index (χ1n) is 5.16. The first-order chi connectivity index (χ1) is 9.33. The van der Waals surface area contributed by atoms with Crippen molar-refractivity contribution in [3.63, 3.8) is 0 Å². The summed E-state index contributed by atoms with van der Waals surface area (Å²) in [6.07, 6.45) is 2.43. The Morgan fingerprint density at radius 1 is 1.15 bits per heavy atom. The molecule has 0 unspecified atom stereocenters. The van der Waals surface area contributed by atoms with Gasteiger partial charge >= 0.3 is 0 Å². The van der Waals surface area contributed by atoms with Crippen molar-refractivity contribution in [2.24, 2.45) is 0 Å². The molecule has 0 saturated carbocycles. The summed E-state index contributed by atoms with van der Waals surface area (Å²) in [7, 11) is -4.05. The minimum Gasteiger partial charge on any atom is -0.366 e. The Balaban J connectivity index is 2.47. The summed E-state index contributed by atoms with van der Waals surface area (Å²) in [4.78, 5) is 13.7. The van der Waals surface area contributed by atoms with Crippen LogP contribution >= 0.6 is 39.1 Å². The molecule has 0 amide bonds. The number of halogens is 3. The number of nitrogens with one attached hydrogen (secondary N) is 2. The van der Waals surface area contributed by atoms with Gasteiger partial charge < -0.3 is 4.98 Å². The Kier molecular flexibility index (Phi) is 4.43. The summed E-state index contributed by atoms with van der Waals surface area (Å²) in [5.41, 5.74) is -0.543. The maximum absolute atomic E-state index is 12.1. The van der Waals surface area contributed by atoms with E-state index in [0.717, 1.165) is 12.3 Å². The predicted molar refractivity (Wildman–Crippen MR) is 82.0 cm³/mol. The van der Waals surface area contributed by atoms with Crippen LogP contribution in [0.4, 0.5) is 5.69 Å². The molecule has 0 aliphatic rings. The average molecular weight is 398 g/mol. The lowest BCUT2D eigenvalue weighted by molar-refractivity contribution is 0.600. The van der Waals surface area contributed by atoms with E-state index >= 15 is 0 Å². The fourth-order valence-corrected chi connectivity index (χ4v) is 3.42. The molecule has 106 valence electrons. The van der Waals surface area contributed by atoms with Crippen molar-refractivity contribution in [1.82, 2.24) is 4.98 Å². The van der Waals surface area contributed by atoms with Gasteiger partial charge in [0.25, 0.3) is 10.0 Å². The number of H-pyrrole nitrogens is 1. The number of aromatic amines is 1. The zero-order valence-corrected chi connectivity index (χ0v) is 13.6. The van der Waals surface area contributed by atoms with Gasteiger partial charge in [0.15, 0.2) is 4.90 Å². The van der Waals surface area contributed by atoms with E-state index in [4.69, 9.17) is 23.2 Å². The second-order valence-electron chi connectivity index (χ2n) is 3.70. The highest BCUT2D eigenvalue weighted by atomic mass is 79.9. The van der Waals surface area contributed by atoms with Gasteiger partial charge in [-0.3, -0.25) is 9.52 Å². The number of pyridine rings is 1. The highest BCUT2D eigenvalue weighted by Crippen LogP contribution is 2.36. The van der Waals surface area contributed by atoms with Crippen molar-refractivity contribution in [2.45, 2.75) is 4.90 Å². The van der Waals surface area contributed by atoms with E-state index in [2.05, 4.69) is 25.6 Å². The first kappa shape index (κ1) is 15.4. The van der Waals surface area contributed by atoms with Crippen molar-refractivity contribution >= 4 is 54.8 Å². The molecule has 1 heterocycles. The molecule has 2 N–H and O–H groups in total. The van der Waals surface area contributed by atoms with Crippen LogP contribution in [0.15, 0.2) is 44.8 Å². The van der Waals surface area contributed by atoms with Crippen LogP contribution < -0.4 is 10.2 Å². The molecule has 20 heavy (non-hydrogen) atoms. The van der Waals surface area contributed by atoms with Gasteiger partial charge in [0, 0.05) is 22.9 Å². The van der Waals surface area contributed by atoms with Crippen molar-refractivity contribution < 1.29 is 8.42 Å². The van der Waals surface area contributed by atoms with Crippen LogP contribution in [0.3, 0.4) is 0 Å². The van der Waals surface area contributed by atoms with Crippen LogP contribution in [0, 0.1) is 0 Å². The van der Waals surface area contributed by atoms with Crippen molar-refractivity contribution in [1.29, 1.82) is 0 Å². The lowest BCUT2D eigenvalue weighted by atomic mass is 10.3. The molecular weight excluding hydrogens is 391 g/mol. The zero-order chi connectivity index (χ0) is 14.9. The Morgan fingerprint density at radius 3 is 2.50 bits per heavy atom. The minimum absolute atomic E-state index is 0.0389. The summed E-state index contributed by atoms with van der Waals surface area (Å²) in [6, 6.07) is 4.10. The predicted octanol–water partition coefficient (Wildman–Crippen LogP) is 3.25. The van der Waals surface area contributed by atoms with Gasteiger partial charge in [-0.15, -0.1) is 0 Å². The lowest BCUT2D eigenvalue weighted by Crippen LogP contribution is -2.21. The maximum Gasteiger partial charge on any atom is 0.267 e. The second kappa shape index (κ2) is 5.77. The topological polar surface area (TPSA) is 79.0 Å². The Hall–Kier alpha value is -1.02. The van der Waals surface area contributed by atoms with Gasteiger partial charge in [0.2, 0.25) is 5.43 Å². The highest BCUT2D eigenvalue weighted by molar-refractivity contribution is 9.10. The lowest BCUT2D eigenvalue weighted by Gasteiger charge is -2.10. The van der Waals surface area contributed by atoms with E-state index in [9.17, 15) is 13.2 Å². The van der Waals surface area contributed by atoms with Crippen LogP contribution in [0.5, 0.6) is 0 Å². The van der Waals surface area contributed by atoms with E-state index < -0.39 is 20.3 Å². The minimum atomic E-state index is -4.05. The van der Waals surface area contributed by atoms with Crippen LogP contribution in [0.1, 0.15) is 0 Å². The van der Waals surface area contributed by atoms with Crippen LogP contribution in [0.2, 0.25) is 10.0 Å². The fourth-order valence-electron chi connectivity index (χ4n) is 1.42. The normalized spacial score (nSPS) is 11.3. The molecule has 2 aromatic rings. The van der Waals surface area contributed by atoms with E-state index in [1.165, 1.54) is 12.3 Å². The summed E-state index contributed by atoms with van der Waals surface area (Å²) >= 11 is 15.0. The molecular formula is C11H7BrCl2N2O3S. The van der Waals surface area contributed by atoms with Gasteiger partial charge in [-0.25, -0.2) is 8.42 Å². The summed E-state index contributed by atoms with van der Waals surface area (Å²) in [6.45, 7) is 0. The molecule has 2 rings (SSSR count).